The Morgan fingerprint density at radius 2 is 1.80 bits per heavy atom. The van der Waals surface area contributed by atoms with E-state index in [9.17, 15) is 10.1 Å². The maximum atomic E-state index is 11.0. The van der Waals surface area contributed by atoms with Crippen LogP contribution in [0.2, 0.25) is 0 Å². The fourth-order valence-corrected chi connectivity index (χ4v) is 2.57. The smallest absolute Gasteiger partial charge is 0.298 e. The number of nitro benzene ring substituents is 1. The predicted octanol–water partition coefficient (Wildman–Crippen LogP) is 3.28. The first-order chi connectivity index (χ1) is 9.70. The van der Waals surface area contributed by atoms with Crippen LogP contribution >= 0.6 is 11.7 Å². The number of aromatic nitrogens is 2. The topological polar surface area (TPSA) is 78.2 Å². The molecule has 0 unspecified atom stereocenters. The van der Waals surface area contributed by atoms with Crippen LogP contribution in [0, 0.1) is 10.1 Å². The van der Waals surface area contributed by atoms with Gasteiger partial charge in [-0.05, 0) is 23.8 Å². The molecule has 0 bridgehead atoms. The van der Waals surface area contributed by atoms with Crippen molar-refractivity contribution in [2.75, 3.05) is 7.11 Å². The van der Waals surface area contributed by atoms with E-state index in [1.54, 1.807) is 13.2 Å². The van der Waals surface area contributed by atoms with Crippen LogP contribution in [0.3, 0.4) is 0 Å². The van der Waals surface area contributed by atoms with Gasteiger partial charge in [-0.15, -0.1) is 0 Å². The molecule has 1 heterocycles. The summed E-state index contributed by atoms with van der Waals surface area (Å²) in [6.45, 7) is 0. The van der Waals surface area contributed by atoms with Crippen molar-refractivity contribution in [2.45, 2.75) is 0 Å². The summed E-state index contributed by atoms with van der Waals surface area (Å²) in [6.07, 6.45) is 0. The Balaban J connectivity index is 2.19. The van der Waals surface area contributed by atoms with E-state index in [-0.39, 0.29) is 5.69 Å². The van der Waals surface area contributed by atoms with Crippen LogP contribution in [0.15, 0.2) is 36.4 Å². The van der Waals surface area contributed by atoms with Crippen molar-refractivity contribution < 1.29 is 9.66 Å². The van der Waals surface area contributed by atoms with Crippen LogP contribution in [0.25, 0.3) is 22.2 Å². The number of hydrogen-bond acceptors (Lipinski definition) is 6. The van der Waals surface area contributed by atoms with E-state index in [2.05, 4.69) is 8.75 Å². The Labute approximate surface area is 118 Å². The third-order valence-corrected chi connectivity index (χ3v) is 3.52. The molecule has 0 saturated carbocycles. The van der Waals surface area contributed by atoms with Crippen molar-refractivity contribution in [2.24, 2.45) is 0 Å². The average Bonchev–Trinajstić information content (AvgIpc) is 2.95. The molecule has 0 spiro atoms. The molecule has 0 saturated heterocycles. The van der Waals surface area contributed by atoms with Crippen LogP contribution in [-0.4, -0.2) is 20.8 Å². The number of nitro groups is 1. The van der Waals surface area contributed by atoms with Gasteiger partial charge >= 0.3 is 0 Å². The first-order valence-corrected chi connectivity index (χ1v) is 6.48. The average molecular weight is 287 g/mol. The van der Waals surface area contributed by atoms with Gasteiger partial charge in [0.15, 0.2) is 5.52 Å². The molecule has 6 nitrogen and oxygen atoms in total. The van der Waals surface area contributed by atoms with E-state index in [4.69, 9.17) is 4.74 Å². The summed E-state index contributed by atoms with van der Waals surface area (Å²) >= 11 is 0.972. The van der Waals surface area contributed by atoms with E-state index >= 15 is 0 Å². The molecule has 3 rings (SSSR count). The third-order valence-electron chi connectivity index (χ3n) is 2.99. The minimum absolute atomic E-state index is 0.0222. The van der Waals surface area contributed by atoms with Crippen LogP contribution < -0.4 is 4.74 Å². The van der Waals surface area contributed by atoms with Gasteiger partial charge in [0.2, 0.25) is 0 Å². The second kappa shape index (κ2) is 4.86. The lowest BCUT2D eigenvalue weighted by atomic mass is 10.0. The Bertz CT molecular complexity index is 783. The van der Waals surface area contributed by atoms with E-state index in [1.807, 2.05) is 24.3 Å². The summed E-state index contributed by atoms with van der Waals surface area (Å²) in [5, 5.41) is 11.0. The second-order valence-electron chi connectivity index (χ2n) is 4.08. The Morgan fingerprint density at radius 1 is 1.10 bits per heavy atom. The molecule has 2 aromatic carbocycles. The fourth-order valence-electron chi connectivity index (χ4n) is 2.00. The summed E-state index contributed by atoms with van der Waals surface area (Å²) < 4.78 is 13.3. The molecule has 3 aromatic rings. The van der Waals surface area contributed by atoms with E-state index < -0.39 is 4.92 Å². The third kappa shape index (κ3) is 1.97. The molecule has 7 heteroatoms. The highest BCUT2D eigenvalue weighted by Gasteiger charge is 2.18. The van der Waals surface area contributed by atoms with Gasteiger partial charge < -0.3 is 4.74 Å². The zero-order chi connectivity index (χ0) is 14.1. The van der Waals surface area contributed by atoms with Gasteiger partial charge in [0, 0.05) is 11.6 Å². The van der Waals surface area contributed by atoms with Gasteiger partial charge in [0.1, 0.15) is 11.3 Å². The Hall–Kier alpha value is -2.54. The highest BCUT2D eigenvalue weighted by Crippen LogP contribution is 2.33. The lowest BCUT2D eigenvalue weighted by Crippen LogP contribution is -1.91. The second-order valence-corrected chi connectivity index (χ2v) is 4.61. The van der Waals surface area contributed by atoms with E-state index in [0.29, 0.717) is 11.0 Å². The Kier molecular flexibility index (Phi) is 3.03. The molecule has 0 amide bonds. The van der Waals surface area contributed by atoms with Crippen LogP contribution in [0.1, 0.15) is 0 Å². The molecule has 0 aliphatic carbocycles. The van der Waals surface area contributed by atoms with Crippen molar-refractivity contribution in [3.8, 4) is 16.9 Å². The van der Waals surface area contributed by atoms with Crippen molar-refractivity contribution in [3.05, 3.63) is 46.5 Å². The predicted molar refractivity (Wildman–Crippen MR) is 76.1 cm³/mol. The van der Waals surface area contributed by atoms with Crippen LogP contribution in [0.4, 0.5) is 5.69 Å². The van der Waals surface area contributed by atoms with Crippen LogP contribution in [0.5, 0.6) is 5.75 Å². The molecule has 0 N–H and O–H groups in total. The first-order valence-electron chi connectivity index (χ1n) is 5.75. The van der Waals surface area contributed by atoms with Gasteiger partial charge in [0.05, 0.1) is 23.8 Å². The molecule has 0 radical (unpaired) electrons. The highest BCUT2D eigenvalue weighted by atomic mass is 32.1. The number of ether oxygens (including phenoxy) is 1. The first kappa shape index (κ1) is 12.5. The maximum Gasteiger partial charge on any atom is 0.298 e. The molecular formula is C13H9N3O3S. The minimum atomic E-state index is -0.443. The maximum absolute atomic E-state index is 11.0. The molecule has 1 aromatic heterocycles. The van der Waals surface area contributed by atoms with Crippen molar-refractivity contribution in [3.63, 3.8) is 0 Å². The van der Waals surface area contributed by atoms with Gasteiger partial charge in [-0.25, -0.2) is 0 Å². The van der Waals surface area contributed by atoms with Gasteiger partial charge in [-0.2, -0.15) is 8.75 Å². The number of methoxy groups -OCH3 is 1. The molecule has 100 valence electrons. The van der Waals surface area contributed by atoms with E-state index in [1.165, 1.54) is 6.07 Å². The molecule has 0 atom stereocenters. The quantitative estimate of drug-likeness (QED) is 0.545. The lowest BCUT2D eigenvalue weighted by Gasteiger charge is -2.04. The summed E-state index contributed by atoms with van der Waals surface area (Å²) in [4.78, 5) is 10.5. The molecule has 20 heavy (non-hydrogen) atoms. The van der Waals surface area contributed by atoms with Gasteiger partial charge in [0.25, 0.3) is 5.69 Å². The standard InChI is InChI=1S/C13H9N3O3S/c1-19-9-4-2-8(3-5-9)10-6-7-11(16(17)18)13-12(10)14-20-15-13/h2-7H,1H3. The van der Waals surface area contributed by atoms with Crippen molar-refractivity contribution >= 4 is 28.4 Å². The van der Waals surface area contributed by atoms with Crippen molar-refractivity contribution in [1.29, 1.82) is 0 Å². The highest BCUT2D eigenvalue weighted by molar-refractivity contribution is 7.00. The molecule has 0 fully saturated rings. The summed E-state index contributed by atoms with van der Waals surface area (Å²) in [5.41, 5.74) is 2.59. The number of rotatable bonds is 3. The SMILES string of the molecule is COc1ccc(-c2ccc([N+](=O)[O-])c3nsnc23)cc1. The summed E-state index contributed by atoms with van der Waals surface area (Å²) in [6, 6.07) is 10.6. The number of nitrogens with zero attached hydrogens (tertiary/aromatic N) is 3. The zero-order valence-electron chi connectivity index (χ0n) is 10.4. The molecule has 0 aliphatic heterocycles. The zero-order valence-corrected chi connectivity index (χ0v) is 11.3. The van der Waals surface area contributed by atoms with Crippen LogP contribution in [-0.2, 0) is 0 Å². The monoisotopic (exact) mass is 287 g/mol. The molecule has 0 aliphatic rings. The minimum Gasteiger partial charge on any atom is -0.497 e. The summed E-state index contributed by atoms with van der Waals surface area (Å²) in [7, 11) is 1.60. The fraction of sp³-hybridized carbons (Fsp3) is 0.0769. The van der Waals surface area contributed by atoms with Crippen molar-refractivity contribution in [1.82, 2.24) is 8.75 Å². The van der Waals surface area contributed by atoms with E-state index in [0.717, 1.165) is 28.6 Å². The largest absolute Gasteiger partial charge is 0.497 e. The van der Waals surface area contributed by atoms with Gasteiger partial charge in [-0.1, -0.05) is 12.1 Å². The van der Waals surface area contributed by atoms with Gasteiger partial charge in [-0.3, -0.25) is 10.1 Å². The lowest BCUT2D eigenvalue weighted by molar-refractivity contribution is -0.383. The summed E-state index contributed by atoms with van der Waals surface area (Å²) in [5.74, 6) is 0.753. The number of fused-ring (bicyclic) bond motifs is 1. The molecular weight excluding hydrogens is 278 g/mol. The Morgan fingerprint density at radius 3 is 2.45 bits per heavy atom. The number of benzene rings is 2. The number of non-ortho nitro benzene ring substituents is 1. The normalized spacial score (nSPS) is 10.7. The number of hydrogen-bond donors (Lipinski definition) is 0.